The summed E-state index contributed by atoms with van der Waals surface area (Å²) in [6.07, 6.45) is 3.48. The van der Waals surface area contributed by atoms with Crippen LogP contribution in [0.25, 0.3) is 0 Å². The summed E-state index contributed by atoms with van der Waals surface area (Å²) in [6.45, 7) is -2.44. The van der Waals surface area contributed by atoms with Gasteiger partial charge in [0.2, 0.25) is 24.3 Å². The molecule has 0 saturated carbocycles. The van der Waals surface area contributed by atoms with Crippen molar-refractivity contribution in [2.45, 2.75) is 16.9 Å². The highest BCUT2D eigenvalue weighted by Crippen LogP contribution is 2.26. The van der Waals surface area contributed by atoms with Crippen molar-refractivity contribution in [2.24, 2.45) is 31.8 Å². The van der Waals surface area contributed by atoms with E-state index in [1.165, 1.54) is 0 Å². The summed E-state index contributed by atoms with van der Waals surface area (Å²) in [6, 6.07) is 0. The Balaban J connectivity index is 6.29. The highest BCUT2D eigenvalue weighted by molar-refractivity contribution is 7.87. The Morgan fingerprint density at radius 2 is 0.828 bits per heavy atom. The number of hydrogen-bond donors (Lipinski definition) is 2. The molecule has 2 N–H and O–H groups in total. The van der Waals surface area contributed by atoms with Gasteiger partial charge in [-0.2, -0.15) is 16.8 Å². The minimum absolute atomic E-state index is 0.610. The Bertz CT molecular complexity index is 836. The average molecular weight is 452 g/mol. The zero-order valence-electron chi connectivity index (χ0n) is 14.6. The molecule has 0 rings (SSSR count). The lowest BCUT2D eigenvalue weighted by atomic mass is 9.95. The highest BCUT2D eigenvalue weighted by Gasteiger charge is 2.41. The van der Waals surface area contributed by atoms with Gasteiger partial charge in [-0.1, -0.05) is 0 Å². The first-order valence-corrected chi connectivity index (χ1v) is 10.6. The molecule has 2 unspecified atom stereocenters. The summed E-state index contributed by atoms with van der Waals surface area (Å²) >= 11 is 0. The Hall–Kier alpha value is -2.66. The first-order valence-electron chi connectivity index (χ1n) is 7.60. The minimum Gasteiger partial charge on any atom is -0.285 e. The molecule has 2 atom stereocenters. The van der Waals surface area contributed by atoms with Crippen LogP contribution in [0.2, 0.25) is 0 Å². The fourth-order valence-corrected chi connectivity index (χ4v) is 4.89. The smallest absolute Gasteiger partial charge is 0.268 e. The molecule has 29 heavy (non-hydrogen) atoms. The van der Waals surface area contributed by atoms with Crippen LogP contribution in [0.4, 0.5) is 0 Å². The number of nitrogens with zero attached hydrogens (tertiary/aromatic N) is 4. The van der Waals surface area contributed by atoms with Crippen LogP contribution in [-0.4, -0.2) is 86.9 Å². The second-order valence-corrected chi connectivity index (χ2v) is 8.86. The van der Waals surface area contributed by atoms with Crippen molar-refractivity contribution in [2.75, 3.05) is 26.2 Å². The van der Waals surface area contributed by atoms with Gasteiger partial charge in [-0.05, 0) is 6.42 Å². The van der Waals surface area contributed by atoms with E-state index in [9.17, 15) is 45.1 Å². The van der Waals surface area contributed by atoms with Crippen molar-refractivity contribution in [1.82, 2.24) is 0 Å². The normalized spacial score (nSPS) is 15.2. The van der Waals surface area contributed by atoms with Crippen molar-refractivity contribution in [3.63, 3.8) is 0 Å². The van der Waals surface area contributed by atoms with Gasteiger partial charge in [0.25, 0.3) is 20.2 Å². The Morgan fingerprint density at radius 3 is 1.00 bits per heavy atom. The van der Waals surface area contributed by atoms with Gasteiger partial charge >= 0.3 is 0 Å². The summed E-state index contributed by atoms with van der Waals surface area (Å²) in [5.74, 6) is -2.75. The molecule has 14 nitrogen and oxygen atoms in total. The lowest BCUT2D eigenvalue weighted by Gasteiger charge is -2.28. The van der Waals surface area contributed by atoms with E-state index in [1.807, 2.05) is 0 Å². The van der Waals surface area contributed by atoms with E-state index in [4.69, 9.17) is 0 Å². The monoisotopic (exact) mass is 452 g/mol. The Kier molecular flexibility index (Phi) is 11.6. The SMILES string of the molecule is O=C=NCC(CN=C=O)C(CC(C(CN=C=O)CN=C=O)S(=O)(=O)O)S(=O)(=O)O. The van der Waals surface area contributed by atoms with Crippen molar-refractivity contribution in [1.29, 1.82) is 0 Å². The molecule has 160 valence electrons. The van der Waals surface area contributed by atoms with E-state index in [0.29, 0.717) is 0 Å². The summed E-state index contributed by atoms with van der Waals surface area (Å²) in [7, 11) is -10.1. The molecular formula is C13H16N4O10S2. The fraction of sp³-hybridized carbons (Fsp3) is 0.692. The predicted molar refractivity (Wildman–Crippen MR) is 94.2 cm³/mol. The quantitative estimate of drug-likeness (QED) is 0.175. The summed E-state index contributed by atoms with van der Waals surface area (Å²) in [4.78, 5) is 53.9. The van der Waals surface area contributed by atoms with E-state index in [2.05, 4.69) is 20.0 Å². The van der Waals surface area contributed by atoms with Crippen molar-refractivity contribution in [3.05, 3.63) is 0 Å². The third-order valence-electron chi connectivity index (χ3n) is 3.84. The van der Waals surface area contributed by atoms with Crippen LogP contribution in [0.5, 0.6) is 0 Å². The zero-order valence-corrected chi connectivity index (χ0v) is 16.2. The van der Waals surface area contributed by atoms with Crippen LogP contribution in [0.1, 0.15) is 6.42 Å². The molecule has 0 aliphatic rings. The van der Waals surface area contributed by atoms with Crippen LogP contribution >= 0.6 is 0 Å². The number of isocyanates is 4. The lowest BCUT2D eigenvalue weighted by Crippen LogP contribution is -2.42. The van der Waals surface area contributed by atoms with E-state index in [0.717, 1.165) is 24.3 Å². The van der Waals surface area contributed by atoms with Gasteiger partial charge in [0.15, 0.2) is 0 Å². The molecule has 16 heteroatoms. The number of aliphatic imine (C=N–C) groups is 4. The average Bonchev–Trinajstić information content (AvgIpc) is 2.62. The largest absolute Gasteiger partial charge is 0.285 e. The molecule has 0 aromatic heterocycles. The standard InChI is InChI=1S/C13H16N4O10S2/c18-6-14-2-10(3-15-7-19)12(28(22,23)24)1-13(29(25,26)27)11(4-16-8-20)5-17-9-21/h10-13H,1-5H2,(H,22,23,24)(H,25,26,27). The third kappa shape index (κ3) is 9.90. The van der Waals surface area contributed by atoms with Crippen LogP contribution < -0.4 is 0 Å². The molecule has 0 bridgehead atoms. The molecule has 0 radical (unpaired) electrons. The van der Waals surface area contributed by atoms with Gasteiger partial charge in [-0.3, -0.25) is 9.11 Å². The Labute approximate surface area is 165 Å². The van der Waals surface area contributed by atoms with E-state index in [1.54, 1.807) is 0 Å². The number of carbonyl (C=O) groups excluding carboxylic acids is 4. The molecule has 0 saturated heterocycles. The molecule has 0 fully saturated rings. The third-order valence-corrected chi connectivity index (χ3v) is 6.53. The minimum atomic E-state index is -5.03. The molecule has 0 spiro atoms. The summed E-state index contributed by atoms with van der Waals surface area (Å²) < 4.78 is 66.4. The van der Waals surface area contributed by atoms with Gasteiger partial charge in [0.1, 0.15) is 0 Å². The predicted octanol–water partition coefficient (Wildman–Crippen LogP) is -1.54. The van der Waals surface area contributed by atoms with Crippen molar-refractivity contribution >= 4 is 44.6 Å². The molecule has 0 aromatic carbocycles. The number of rotatable bonds is 14. The van der Waals surface area contributed by atoms with Gasteiger partial charge in [0.05, 0.1) is 36.7 Å². The maximum atomic E-state index is 11.8. The number of hydrogen-bond acceptors (Lipinski definition) is 12. The van der Waals surface area contributed by atoms with E-state index in [-0.39, 0.29) is 0 Å². The second kappa shape index (κ2) is 12.7. The zero-order chi connectivity index (χ0) is 22.5. The van der Waals surface area contributed by atoms with Crippen molar-refractivity contribution < 1.29 is 45.1 Å². The Morgan fingerprint density at radius 1 is 0.586 bits per heavy atom. The van der Waals surface area contributed by atoms with Crippen LogP contribution in [-0.2, 0) is 39.4 Å². The fourth-order valence-electron chi connectivity index (χ4n) is 2.55. The van der Waals surface area contributed by atoms with Gasteiger partial charge in [-0.25, -0.2) is 39.1 Å². The molecular weight excluding hydrogens is 436 g/mol. The molecule has 0 aliphatic carbocycles. The first-order chi connectivity index (χ1) is 13.5. The maximum absolute atomic E-state index is 11.8. The highest BCUT2D eigenvalue weighted by atomic mass is 32.2. The van der Waals surface area contributed by atoms with Crippen LogP contribution in [0.15, 0.2) is 20.0 Å². The summed E-state index contributed by atoms with van der Waals surface area (Å²) in [5, 5.41) is -3.96. The summed E-state index contributed by atoms with van der Waals surface area (Å²) in [5.41, 5.74) is 0. The van der Waals surface area contributed by atoms with Gasteiger partial charge < -0.3 is 0 Å². The first kappa shape index (κ1) is 26.3. The van der Waals surface area contributed by atoms with Gasteiger partial charge in [-0.15, -0.1) is 0 Å². The van der Waals surface area contributed by atoms with Gasteiger partial charge in [0, 0.05) is 11.8 Å². The molecule has 0 heterocycles. The maximum Gasteiger partial charge on any atom is 0.268 e. The lowest BCUT2D eigenvalue weighted by molar-refractivity contribution is 0.368. The van der Waals surface area contributed by atoms with Crippen LogP contribution in [0.3, 0.4) is 0 Å². The van der Waals surface area contributed by atoms with Crippen molar-refractivity contribution in [3.8, 4) is 0 Å². The molecule has 0 aromatic rings. The van der Waals surface area contributed by atoms with Crippen LogP contribution in [0, 0.1) is 11.8 Å². The molecule has 0 aliphatic heterocycles. The van der Waals surface area contributed by atoms with E-state index >= 15 is 0 Å². The molecule has 0 amide bonds. The topological polar surface area (TPSA) is 226 Å². The van der Waals surface area contributed by atoms with E-state index < -0.39 is 75.2 Å². The second-order valence-electron chi connectivity index (χ2n) is 5.59.